The van der Waals surface area contributed by atoms with Crippen molar-refractivity contribution in [2.45, 2.75) is 37.7 Å². The summed E-state index contributed by atoms with van der Waals surface area (Å²) in [6.45, 7) is 3.57. The third-order valence-corrected chi connectivity index (χ3v) is 7.22. The molecule has 0 bridgehead atoms. The monoisotopic (exact) mass is 474 g/mol. The van der Waals surface area contributed by atoms with Crippen molar-refractivity contribution in [1.29, 1.82) is 0 Å². The first-order valence-electron chi connectivity index (χ1n) is 10.4. The lowest BCUT2D eigenvalue weighted by Crippen LogP contribution is -2.31. The molecule has 10 heteroatoms. The molecule has 3 rings (SSSR count). The Kier molecular flexibility index (Phi) is 7.50. The zero-order valence-electron chi connectivity index (χ0n) is 18.7. The number of carbonyl (C=O) groups is 3. The van der Waals surface area contributed by atoms with Crippen LogP contribution >= 0.6 is 0 Å². The van der Waals surface area contributed by atoms with Crippen molar-refractivity contribution in [2.24, 2.45) is 0 Å². The molecule has 2 aromatic carbocycles. The third kappa shape index (κ3) is 5.40. The summed E-state index contributed by atoms with van der Waals surface area (Å²) >= 11 is 0. The number of amides is 1. The molecule has 1 N–H and O–H groups in total. The van der Waals surface area contributed by atoms with Crippen LogP contribution in [0.4, 0.5) is 5.69 Å². The van der Waals surface area contributed by atoms with Gasteiger partial charge in [0, 0.05) is 18.7 Å². The van der Waals surface area contributed by atoms with E-state index >= 15 is 0 Å². The van der Waals surface area contributed by atoms with Gasteiger partial charge in [0.1, 0.15) is 10.6 Å². The number of benzene rings is 2. The van der Waals surface area contributed by atoms with Crippen molar-refractivity contribution >= 4 is 33.4 Å². The number of esters is 1. The lowest BCUT2D eigenvalue weighted by Gasteiger charge is -2.19. The predicted octanol–water partition coefficient (Wildman–Crippen LogP) is 2.87. The quantitative estimate of drug-likeness (QED) is 0.461. The molecule has 0 saturated carbocycles. The molecule has 1 aliphatic heterocycles. The number of hydrogen-bond donors (Lipinski definition) is 1. The Morgan fingerprint density at radius 3 is 2.36 bits per heavy atom. The number of hydrogen-bond acceptors (Lipinski definition) is 7. The summed E-state index contributed by atoms with van der Waals surface area (Å²) < 4.78 is 37.8. The third-order valence-electron chi connectivity index (χ3n) is 5.30. The van der Waals surface area contributed by atoms with Gasteiger partial charge in [0.25, 0.3) is 5.91 Å². The van der Waals surface area contributed by atoms with E-state index in [1.807, 2.05) is 0 Å². The maximum Gasteiger partial charge on any atom is 0.338 e. The van der Waals surface area contributed by atoms with Crippen LogP contribution in [0.25, 0.3) is 0 Å². The number of rotatable bonds is 8. The molecule has 0 radical (unpaired) electrons. The number of ether oxygens (including phenoxy) is 2. The minimum atomic E-state index is -3.85. The summed E-state index contributed by atoms with van der Waals surface area (Å²) in [4.78, 5) is 36.8. The second-order valence-electron chi connectivity index (χ2n) is 7.62. The highest BCUT2D eigenvalue weighted by Gasteiger charge is 2.31. The lowest BCUT2D eigenvalue weighted by atomic mass is 10.1. The summed E-state index contributed by atoms with van der Waals surface area (Å²) in [5, 5.41) is 2.58. The molecule has 1 fully saturated rings. The average molecular weight is 475 g/mol. The number of carbonyl (C=O) groups excluding carboxylic acids is 3. The number of anilines is 1. The predicted molar refractivity (Wildman–Crippen MR) is 121 cm³/mol. The second-order valence-corrected chi connectivity index (χ2v) is 9.52. The molecule has 176 valence electrons. The summed E-state index contributed by atoms with van der Waals surface area (Å²) in [5.74, 6) is -1.60. The Labute approximate surface area is 192 Å². The van der Waals surface area contributed by atoms with E-state index in [1.54, 1.807) is 24.3 Å². The van der Waals surface area contributed by atoms with Crippen molar-refractivity contribution in [3.8, 4) is 5.75 Å². The van der Waals surface area contributed by atoms with Crippen LogP contribution in [0.2, 0.25) is 0 Å². The molecule has 2 aromatic rings. The van der Waals surface area contributed by atoms with Gasteiger partial charge in [0.05, 0.1) is 18.4 Å². The van der Waals surface area contributed by atoms with Gasteiger partial charge in [-0.25, -0.2) is 13.2 Å². The number of nitrogens with zero attached hydrogens (tertiary/aromatic N) is 1. The zero-order valence-corrected chi connectivity index (χ0v) is 19.5. The van der Waals surface area contributed by atoms with E-state index in [4.69, 9.17) is 9.47 Å². The summed E-state index contributed by atoms with van der Waals surface area (Å²) in [6, 6.07) is 10.4. The van der Waals surface area contributed by atoms with Gasteiger partial charge < -0.3 is 14.8 Å². The van der Waals surface area contributed by atoms with Crippen LogP contribution in [0.3, 0.4) is 0 Å². The van der Waals surface area contributed by atoms with Crippen molar-refractivity contribution < 1.29 is 32.3 Å². The Morgan fingerprint density at radius 1 is 1.06 bits per heavy atom. The van der Waals surface area contributed by atoms with E-state index < -0.39 is 28.0 Å². The maximum atomic E-state index is 13.0. The van der Waals surface area contributed by atoms with Crippen molar-refractivity contribution in [3.63, 3.8) is 0 Å². The molecular weight excluding hydrogens is 448 g/mol. The first-order chi connectivity index (χ1) is 15.6. The molecule has 1 aliphatic rings. The standard InChI is InChI=1S/C23H26N2O7S/c1-15(26)18-8-4-5-9-19(18)24-22(27)16(2)32-23(28)17-10-11-20(31-3)21(14-17)33(29,30)25-12-6-7-13-25/h4-5,8-11,14,16H,6-7,12-13H2,1-3H3,(H,24,27). The van der Waals surface area contributed by atoms with Crippen LogP contribution in [-0.4, -0.2) is 56.7 Å². The van der Waals surface area contributed by atoms with Gasteiger partial charge >= 0.3 is 5.97 Å². The summed E-state index contributed by atoms with van der Waals surface area (Å²) in [5.41, 5.74) is 0.606. The molecule has 0 aromatic heterocycles. The Balaban J connectivity index is 1.77. The van der Waals surface area contributed by atoms with E-state index in [1.165, 1.54) is 43.5 Å². The number of para-hydroxylation sites is 1. The highest BCUT2D eigenvalue weighted by molar-refractivity contribution is 7.89. The molecule has 1 saturated heterocycles. The molecule has 33 heavy (non-hydrogen) atoms. The Bertz CT molecular complexity index is 1170. The van der Waals surface area contributed by atoms with Crippen LogP contribution in [0.5, 0.6) is 5.75 Å². The van der Waals surface area contributed by atoms with Gasteiger partial charge in [-0.2, -0.15) is 4.31 Å². The fraction of sp³-hybridized carbons (Fsp3) is 0.348. The van der Waals surface area contributed by atoms with E-state index in [-0.39, 0.29) is 22.0 Å². The van der Waals surface area contributed by atoms with Crippen LogP contribution < -0.4 is 10.1 Å². The molecule has 1 amide bonds. The van der Waals surface area contributed by atoms with Gasteiger partial charge in [0.2, 0.25) is 10.0 Å². The van der Waals surface area contributed by atoms with E-state index in [0.29, 0.717) is 24.3 Å². The van der Waals surface area contributed by atoms with Crippen molar-refractivity contribution in [1.82, 2.24) is 4.31 Å². The Morgan fingerprint density at radius 2 is 1.73 bits per heavy atom. The van der Waals surface area contributed by atoms with Crippen molar-refractivity contribution in [3.05, 3.63) is 53.6 Å². The number of Topliss-reactive ketones (excluding diaryl/α,β-unsaturated/α-hetero) is 1. The largest absolute Gasteiger partial charge is 0.495 e. The molecule has 0 aliphatic carbocycles. The van der Waals surface area contributed by atoms with Crippen LogP contribution in [0, 0.1) is 0 Å². The smallest absolute Gasteiger partial charge is 0.338 e. The first kappa shape index (κ1) is 24.4. The topological polar surface area (TPSA) is 119 Å². The first-order valence-corrected chi connectivity index (χ1v) is 11.9. The number of sulfonamides is 1. The van der Waals surface area contributed by atoms with Gasteiger partial charge in [-0.05, 0) is 57.0 Å². The minimum Gasteiger partial charge on any atom is -0.495 e. The summed E-state index contributed by atoms with van der Waals surface area (Å²) in [7, 11) is -2.50. The highest BCUT2D eigenvalue weighted by atomic mass is 32.2. The van der Waals surface area contributed by atoms with Gasteiger partial charge in [-0.15, -0.1) is 0 Å². The normalized spacial score (nSPS) is 15.0. The van der Waals surface area contributed by atoms with Crippen LogP contribution in [0.15, 0.2) is 47.4 Å². The molecule has 9 nitrogen and oxygen atoms in total. The molecule has 1 unspecified atom stereocenters. The van der Waals surface area contributed by atoms with E-state index in [9.17, 15) is 22.8 Å². The molecule has 1 atom stereocenters. The SMILES string of the molecule is COc1ccc(C(=O)OC(C)C(=O)Nc2ccccc2C(C)=O)cc1S(=O)(=O)N1CCCC1. The highest BCUT2D eigenvalue weighted by Crippen LogP contribution is 2.30. The zero-order chi connectivity index (χ0) is 24.2. The Hall–Kier alpha value is -3.24. The molecule has 1 heterocycles. The van der Waals surface area contributed by atoms with Gasteiger partial charge in [-0.3, -0.25) is 9.59 Å². The van der Waals surface area contributed by atoms with Gasteiger partial charge in [0.15, 0.2) is 11.9 Å². The number of ketones is 1. The molecule has 0 spiro atoms. The fourth-order valence-corrected chi connectivity index (χ4v) is 5.19. The fourth-order valence-electron chi connectivity index (χ4n) is 3.49. The van der Waals surface area contributed by atoms with Crippen molar-refractivity contribution in [2.75, 3.05) is 25.5 Å². The minimum absolute atomic E-state index is 0.0302. The average Bonchev–Trinajstić information content (AvgIpc) is 3.34. The van der Waals surface area contributed by atoms with Crippen LogP contribution in [0.1, 0.15) is 47.4 Å². The van der Waals surface area contributed by atoms with E-state index in [0.717, 1.165) is 12.8 Å². The second kappa shape index (κ2) is 10.1. The van der Waals surface area contributed by atoms with E-state index in [2.05, 4.69) is 5.32 Å². The van der Waals surface area contributed by atoms with Crippen LogP contribution in [-0.2, 0) is 19.6 Å². The van der Waals surface area contributed by atoms with Gasteiger partial charge in [-0.1, -0.05) is 12.1 Å². The maximum absolute atomic E-state index is 13.0. The number of methoxy groups -OCH3 is 1. The lowest BCUT2D eigenvalue weighted by molar-refractivity contribution is -0.123. The number of nitrogens with one attached hydrogen (secondary N) is 1. The molecular formula is C23H26N2O7S. The summed E-state index contributed by atoms with van der Waals surface area (Å²) in [6.07, 6.45) is 0.337.